The number of rotatable bonds is 2. The van der Waals surface area contributed by atoms with Crippen molar-refractivity contribution < 1.29 is 9.18 Å². The number of aryl methyl sites for hydroxylation is 1. The SMILES string of the molecule is Cc1ccc(NC(=O)c2ccc(S)cc2)cc1F. The lowest BCUT2D eigenvalue weighted by Gasteiger charge is -2.06. The molecule has 0 aliphatic rings. The first-order valence-electron chi connectivity index (χ1n) is 5.43. The summed E-state index contributed by atoms with van der Waals surface area (Å²) in [4.78, 5) is 12.6. The minimum Gasteiger partial charge on any atom is -0.322 e. The van der Waals surface area contributed by atoms with Crippen molar-refractivity contribution in [2.45, 2.75) is 11.8 Å². The fourth-order valence-electron chi connectivity index (χ4n) is 1.49. The molecule has 1 N–H and O–H groups in total. The number of nitrogens with one attached hydrogen (secondary N) is 1. The molecular weight excluding hydrogens is 249 g/mol. The maximum atomic E-state index is 13.3. The molecule has 0 aromatic heterocycles. The number of hydrogen-bond acceptors (Lipinski definition) is 2. The highest BCUT2D eigenvalue weighted by atomic mass is 32.1. The Morgan fingerprint density at radius 2 is 1.83 bits per heavy atom. The third-order valence-corrected chi connectivity index (χ3v) is 2.86. The molecule has 2 nitrogen and oxygen atoms in total. The molecule has 92 valence electrons. The molecule has 0 aliphatic heterocycles. The number of thiol groups is 1. The Hall–Kier alpha value is -1.81. The molecule has 0 unspecified atom stereocenters. The number of carbonyl (C=O) groups excluding carboxylic acids is 1. The Morgan fingerprint density at radius 3 is 2.44 bits per heavy atom. The largest absolute Gasteiger partial charge is 0.322 e. The molecule has 0 aliphatic carbocycles. The topological polar surface area (TPSA) is 29.1 Å². The van der Waals surface area contributed by atoms with Crippen LogP contribution in [0.1, 0.15) is 15.9 Å². The van der Waals surface area contributed by atoms with E-state index < -0.39 is 0 Å². The summed E-state index contributed by atoms with van der Waals surface area (Å²) >= 11 is 4.14. The first-order valence-corrected chi connectivity index (χ1v) is 5.87. The maximum absolute atomic E-state index is 13.3. The van der Waals surface area contributed by atoms with Crippen LogP contribution >= 0.6 is 12.6 Å². The van der Waals surface area contributed by atoms with Gasteiger partial charge in [0, 0.05) is 16.1 Å². The first-order chi connectivity index (χ1) is 8.56. The summed E-state index contributed by atoms with van der Waals surface area (Å²) in [5.41, 5.74) is 1.50. The minimum atomic E-state index is -0.335. The van der Waals surface area contributed by atoms with E-state index in [0.29, 0.717) is 16.8 Å². The van der Waals surface area contributed by atoms with Crippen molar-refractivity contribution in [3.8, 4) is 0 Å². The van der Waals surface area contributed by atoms with E-state index in [1.54, 1.807) is 43.3 Å². The van der Waals surface area contributed by atoms with Crippen molar-refractivity contribution in [1.82, 2.24) is 0 Å². The molecular formula is C14H12FNOS. The summed E-state index contributed by atoms with van der Waals surface area (Å²) in [6.07, 6.45) is 0. The second-order valence-electron chi connectivity index (χ2n) is 3.96. The predicted octanol–water partition coefficient (Wildman–Crippen LogP) is 3.68. The van der Waals surface area contributed by atoms with Crippen molar-refractivity contribution in [1.29, 1.82) is 0 Å². The molecule has 0 atom stereocenters. The average molecular weight is 261 g/mol. The molecule has 0 bridgehead atoms. The second-order valence-corrected chi connectivity index (χ2v) is 4.48. The molecule has 2 aromatic rings. The average Bonchev–Trinajstić information content (AvgIpc) is 2.34. The van der Waals surface area contributed by atoms with Gasteiger partial charge in [-0.2, -0.15) is 0 Å². The normalized spacial score (nSPS) is 10.2. The van der Waals surface area contributed by atoms with E-state index in [0.717, 1.165) is 4.90 Å². The van der Waals surface area contributed by atoms with Gasteiger partial charge in [-0.05, 0) is 48.9 Å². The lowest BCUT2D eigenvalue weighted by molar-refractivity contribution is 0.102. The summed E-state index contributed by atoms with van der Waals surface area (Å²) < 4.78 is 13.3. The summed E-state index contributed by atoms with van der Waals surface area (Å²) in [5.74, 6) is -0.606. The highest BCUT2D eigenvalue weighted by Crippen LogP contribution is 2.15. The number of halogens is 1. The van der Waals surface area contributed by atoms with Gasteiger partial charge in [0.1, 0.15) is 5.82 Å². The number of benzene rings is 2. The van der Waals surface area contributed by atoms with Crippen molar-refractivity contribution in [3.63, 3.8) is 0 Å². The van der Waals surface area contributed by atoms with Gasteiger partial charge < -0.3 is 5.32 Å². The zero-order valence-corrected chi connectivity index (χ0v) is 10.7. The van der Waals surface area contributed by atoms with Gasteiger partial charge in [-0.3, -0.25) is 4.79 Å². The van der Waals surface area contributed by atoms with E-state index in [1.165, 1.54) is 6.07 Å². The second kappa shape index (κ2) is 5.23. The molecule has 2 aromatic carbocycles. The van der Waals surface area contributed by atoms with Crippen molar-refractivity contribution >= 4 is 24.2 Å². The summed E-state index contributed by atoms with van der Waals surface area (Å²) in [5, 5.41) is 2.64. The molecule has 0 fully saturated rings. The Morgan fingerprint density at radius 1 is 1.17 bits per heavy atom. The zero-order chi connectivity index (χ0) is 13.1. The van der Waals surface area contributed by atoms with Gasteiger partial charge in [-0.15, -0.1) is 12.6 Å². The van der Waals surface area contributed by atoms with Crippen LogP contribution in [0.15, 0.2) is 47.4 Å². The van der Waals surface area contributed by atoms with E-state index in [4.69, 9.17) is 0 Å². The molecule has 2 rings (SSSR count). The van der Waals surface area contributed by atoms with E-state index in [1.807, 2.05) is 0 Å². The van der Waals surface area contributed by atoms with Crippen LogP contribution in [0.3, 0.4) is 0 Å². The van der Waals surface area contributed by atoms with Gasteiger partial charge in [0.25, 0.3) is 5.91 Å². The lowest BCUT2D eigenvalue weighted by atomic mass is 10.2. The van der Waals surface area contributed by atoms with Gasteiger partial charge in [0.2, 0.25) is 0 Å². The van der Waals surface area contributed by atoms with Crippen LogP contribution in [-0.4, -0.2) is 5.91 Å². The molecule has 1 amide bonds. The summed E-state index contributed by atoms with van der Waals surface area (Å²) in [6, 6.07) is 11.4. The molecule has 0 heterocycles. The molecule has 0 saturated heterocycles. The third kappa shape index (κ3) is 2.90. The molecule has 0 spiro atoms. The van der Waals surface area contributed by atoms with Gasteiger partial charge in [0.05, 0.1) is 0 Å². The van der Waals surface area contributed by atoms with Crippen molar-refractivity contribution in [2.75, 3.05) is 5.32 Å². The number of hydrogen-bond donors (Lipinski definition) is 2. The van der Waals surface area contributed by atoms with Gasteiger partial charge in [0.15, 0.2) is 0 Å². The van der Waals surface area contributed by atoms with Gasteiger partial charge in [-0.25, -0.2) is 4.39 Å². The molecule has 4 heteroatoms. The van der Waals surface area contributed by atoms with Crippen molar-refractivity contribution in [2.24, 2.45) is 0 Å². The van der Waals surface area contributed by atoms with E-state index in [2.05, 4.69) is 17.9 Å². The highest BCUT2D eigenvalue weighted by molar-refractivity contribution is 7.80. The van der Waals surface area contributed by atoms with Gasteiger partial charge in [-0.1, -0.05) is 6.07 Å². The quantitative estimate of drug-likeness (QED) is 0.793. The molecule has 0 radical (unpaired) electrons. The first kappa shape index (κ1) is 12.6. The van der Waals surface area contributed by atoms with E-state index >= 15 is 0 Å². The Labute approximate surface area is 110 Å². The Kier molecular flexibility index (Phi) is 3.67. The van der Waals surface area contributed by atoms with E-state index in [-0.39, 0.29) is 11.7 Å². The van der Waals surface area contributed by atoms with Crippen molar-refractivity contribution in [3.05, 3.63) is 59.4 Å². The summed E-state index contributed by atoms with van der Waals surface area (Å²) in [7, 11) is 0. The van der Waals surface area contributed by atoms with Crippen LogP contribution in [0.2, 0.25) is 0 Å². The number of anilines is 1. The fourth-order valence-corrected chi connectivity index (χ4v) is 1.64. The van der Waals surface area contributed by atoms with E-state index in [9.17, 15) is 9.18 Å². The smallest absolute Gasteiger partial charge is 0.255 e. The monoisotopic (exact) mass is 261 g/mol. The Bertz CT molecular complexity index is 581. The van der Waals surface area contributed by atoms with Crippen LogP contribution in [0.25, 0.3) is 0 Å². The van der Waals surface area contributed by atoms with Crippen LogP contribution in [0.5, 0.6) is 0 Å². The number of carbonyl (C=O) groups is 1. The summed E-state index contributed by atoms with van der Waals surface area (Å²) in [6.45, 7) is 1.67. The maximum Gasteiger partial charge on any atom is 0.255 e. The fraction of sp³-hybridized carbons (Fsp3) is 0.0714. The minimum absolute atomic E-state index is 0.272. The van der Waals surface area contributed by atoms with Crippen LogP contribution in [-0.2, 0) is 0 Å². The zero-order valence-electron chi connectivity index (χ0n) is 9.77. The van der Waals surface area contributed by atoms with Gasteiger partial charge >= 0.3 is 0 Å². The van der Waals surface area contributed by atoms with Crippen LogP contribution in [0.4, 0.5) is 10.1 Å². The predicted molar refractivity (Wildman–Crippen MR) is 72.8 cm³/mol. The number of amides is 1. The molecule has 0 saturated carbocycles. The standard InChI is InChI=1S/C14H12FNOS/c1-9-2-5-11(8-13(9)15)16-14(17)10-3-6-12(18)7-4-10/h2-8,18H,1H3,(H,16,17). The Balaban J connectivity index is 2.16. The van der Waals surface area contributed by atoms with Crippen LogP contribution < -0.4 is 5.32 Å². The highest BCUT2D eigenvalue weighted by Gasteiger charge is 2.06. The third-order valence-electron chi connectivity index (χ3n) is 2.56. The molecule has 18 heavy (non-hydrogen) atoms. The van der Waals surface area contributed by atoms with Crippen LogP contribution in [0, 0.1) is 12.7 Å². The lowest BCUT2D eigenvalue weighted by Crippen LogP contribution is -2.11.